The first-order valence-corrected chi connectivity index (χ1v) is 7.39. The van der Waals surface area contributed by atoms with Crippen molar-refractivity contribution in [2.75, 3.05) is 5.32 Å². The summed E-state index contributed by atoms with van der Waals surface area (Å²) in [6, 6.07) is 5.69. The molecule has 3 amide bonds. The highest BCUT2D eigenvalue weighted by atomic mass is 16.4. The standard InChI is InChI=1S/C15H19N5O4/c1-2-9(19-14(16)17)10-11(13(22)23)20(12(10)21)15(24)18-8-6-4-3-5-7-8/h3-7,9-11H,2H2,1H3,(H,18,24)(H,22,23)(H4,16,17,19). The van der Waals surface area contributed by atoms with Crippen molar-refractivity contribution in [3.05, 3.63) is 30.3 Å². The van der Waals surface area contributed by atoms with Crippen molar-refractivity contribution in [1.82, 2.24) is 10.2 Å². The molecule has 0 bridgehead atoms. The van der Waals surface area contributed by atoms with Gasteiger partial charge in [-0.1, -0.05) is 25.1 Å². The van der Waals surface area contributed by atoms with Crippen LogP contribution in [0.3, 0.4) is 0 Å². The van der Waals surface area contributed by atoms with Gasteiger partial charge in [-0.05, 0) is 18.6 Å². The first-order chi connectivity index (χ1) is 11.4. The zero-order valence-electron chi connectivity index (χ0n) is 13.0. The summed E-state index contributed by atoms with van der Waals surface area (Å²) in [4.78, 5) is 36.8. The summed E-state index contributed by atoms with van der Waals surface area (Å²) >= 11 is 0. The molecule has 3 unspecified atom stereocenters. The Morgan fingerprint density at radius 2 is 2.00 bits per heavy atom. The highest BCUT2D eigenvalue weighted by molar-refractivity contribution is 6.11. The predicted molar refractivity (Wildman–Crippen MR) is 86.3 cm³/mol. The molecule has 9 nitrogen and oxygen atoms in total. The average molecular weight is 333 g/mol. The number of carbonyl (C=O) groups is 3. The molecule has 128 valence electrons. The number of hydrogen-bond acceptors (Lipinski definition) is 4. The number of rotatable bonds is 5. The number of carbonyl (C=O) groups excluding carboxylic acids is 2. The van der Waals surface area contributed by atoms with E-state index in [9.17, 15) is 19.5 Å². The number of anilines is 1. The Hall–Kier alpha value is -3.10. The van der Waals surface area contributed by atoms with Crippen LogP contribution in [0, 0.1) is 11.3 Å². The SMILES string of the molecule is CCC(NC(=N)N)C1C(=O)N(C(=O)Nc2ccccc2)C1C(=O)O. The van der Waals surface area contributed by atoms with Crippen LogP contribution in [0.4, 0.5) is 10.5 Å². The minimum atomic E-state index is -1.31. The molecule has 1 aliphatic rings. The Balaban J connectivity index is 2.16. The van der Waals surface area contributed by atoms with E-state index in [1.54, 1.807) is 37.3 Å². The molecule has 24 heavy (non-hydrogen) atoms. The number of hydrogen-bond donors (Lipinski definition) is 5. The molecule has 0 aliphatic carbocycles. The zero-order chi connectivity index (χ0) is 17.9. The van der Waals surface area contributed by atoms with E-state index in [4.69, 9.17) is 11.1 Å². The highest BCUT2D eigenvalue weighted by Crippen LogP contribution is 2.32. The number of benzene rings is 1. The minimum absolute atomic E-state index is 0.356. The molecule has 0 aromatic heterocycles. The molecule has 6 N–H and O–H groups in total. The second-order valence-corrected chi connectivity index (χ2v) is 5.39. The Bertz CT molecular complexity index is 663. The van der Waals surface area contributed by atoms with Crippen molar-refractivity contribution >= 4 is 29.6 Å². The van der Waals surface area contributed by atoms with Crippen LogP contribution >= 0.6 is 0 Å². The summed E-state index contributed by atoms with van der Waals surface area (Å²) in [7, 11) is 0. The van der Waals surface area contributed by atoms with Gasteiger partial charge in [0.25, 0.3) is 0 Å². The van der Waals surface area contributed by atoms with Gasteiger partial charge in [0.1, 0.15) is 0 Å². The smallest absolute Gasteiger partial charge is 0.329 e. The number of likely N-dealkylation sites (tertiary alicyclic amines) is 1. The van der Waals surface area contributed by atoms with Crippen LogP contribution in [0.5, 0.6) is 0 Å². The molecule has 1 aromatic rings. The number of imide groups is 1. The molecule has 1 saturated heterocycles. The summed E-state index contributed by atoms with van der Waals surface area (Å²) in [6.45, 7) is 1.74. The van der Waals surface area contributed by atoms with E-state index >= 15 is 0 Å². The monoisotopic (exact) mass is 333 g/mol. The lowest BCUT2D eigenvalue weighted by Gasteiger charge is -2.46. The number of aliphatic carboxylic acids is 1. The molecule has 9 heteroatoms. The van der Waals surface area contributed by atoms with E-state index in [1.807, 2.05) is 0 Å². The molecule has 0 saturated carbocycles. The largest absolute Gasteiger partial charge is 0.480 e. The average Bonchev–Trinajstić information content (AvgIpc) is 2.51. The molecular weight excluding hydrogens is 314 g/mol. The fourth-order valence-electron chi connectivity index (χ4n) is 2.74. The summed E-state index contributed by atoms with van der Waals surface area (Å²) in [5, 5.41) is 21.7. The Kier molecular flexibility index (Phi) is 5.02. The zero-order valence-corrected chi connectivity index (χ0v) is 13.0. The number of guanidine groups is 1. The van der Waals surface area contributed by atoms with E-state index in [0.717, 1.165) is 0 Å². The van der Waals surface area contributed by atoms with Gasteiger partial charge in [0.15, 0.2) is 12.0 Å². The van der Waals surface area contributed by atoms with Crippen molar-refractivity contribution in [2.45, 2.75) is 25.4 Å². The number of carboxylic acid groups (broad SMARTS) is 1. The number of nitrogens with zero attached hydrogens (tertiary/aromatic N) is 1. The van der Waals surface area contributed by atoms with E-state index in [0.29, 0.717) is 17.0 Å². The van der Waals surface area contributed by atoms with Gasteiger partial charge in [0.2, 0.25) is 5.91 Å². The van der Waals surface area contributed by atoms with Gasteiger partial charge in [-0.25, -0.2) is 14.5 Å². The Morgan fingerprint density at radius 3 is 2.50 bits per heavy atom. The summed E-state index contributed by atoms with van der Waals surface area (Å²) in [5.74, 6) is -3.22. The molecule has 0 radical (unpaired) electrons. The van der Waals surface area contributed by atoms with Gasteiger partial charge >= 0.3 is 12.0 Å². The lowest BCUT2D eigenvalue weighted by molar-refractivity contribution is -0.166. The second kappa shape index (κ2) is 6.99. The third kappa shape index (κ3) is 3.29. The summed E-state index contributed by atoms with van der Waals surface area (Å²) < 4.78 is 0. The first-order valence-electron chi connectivity index (χ1n) is 7.39. The predicted octanol–water partition coefficient (Wildman–Crippen LogP) is 0.392. The van der Waals surface area contributed by atoms with Crippen LogP contribution in [-0.4, -0.2) is 46.0 Å². The van der Waals surface area contributed by atoms with Crippen LogP contribution in [0.1, 0.15) is 13.3 Å². The molecule has 1 heterocycles. The quantitative estimate of drug-likeness (QED) is 0.299. The molecular formula is C15H19N5O4. The van der Waals surface area contributed by atoms with E-state index in [1.165, 1.54) is 0 Å². The lowest BCUT2D eigenvalue weighted by Crippen LogP contribution is -2.72. The van der Waals surface area contributed by atoms with Crippen molar-refractivity contribution in [3.63, 3.8) is 0 Å². The van der Waals surface area contributed by atoms with E-state index in [-0.39, 0.29) is 5.96 Å². The maximum atomic E-state index is 12.3. The Labute approximate surface area is 138 Å². The molecule has 2 rings (SSSR count). The van der Waals surface area contributed by atoms with Gasteiger partial charge < -0.3 is 21.5 Å². The number of para-hydroxylation sites is 1. The number of nitrogens with two attached hydrogens (primary N) is 1. The number of urea groups is 1. The third-order valence-corrected chi connectivity index (χ3v) is 3.85. The van der Waals surface area contributed by atoms with Crippen LogP contribution in [0.25, 0.3) is 0 Å². The van der Waals surface area contributed by atoms with E-state index in [2.05, 4.69) is 10.6 Å². The third-order valence-electron chi connectivity index (χ3n) is 3.85. The topological polar surface area (TPSA) is 149 Å². The summed E-state index contributed by atoms with van der Waals surface area (Å²) in [6.07, 6.45) is 0.383. The first kappa shape index (κ1) is 17.3. The second-order valence-electron chi connectivity index (χ2n) is 5.39. The summed E-state index contributed by atoms with van der Waals surface area (Å²) in [5.41, 5.74) is 5.73. The number of amides is 3. The lowest BCUT2D eigenvalue weighted by atomic mass is 9.80. The van der Waals surface area contributed by atoms with Crippen molar-refractivity contribution in [1.29, 1.82) is 5.41 Å². The number of nitrogens with one attached hydrogen (secondary N) is 3. The van der Waals surface area contributed by atoms with E-state index < -0.39 is 35.9 Å². The minimum Gasteiger partial charge on any atom is -0.480 e. The molecule has 1 aliphatic heterocycles. The van der Waals surface area contributed by atoms with Crippen LogP contribution in [0.2, 0.25) is 0 Å². The van der Waals surface area contributed by atoms with Crippen molar-refractivity contribution < 1.29 is 19.5 Å². The van der Waals surface area contributed by atoms with Gasteiger partial charge in [-0.15, -0.1) is 0 Å². The maximum absolute atomic E-state index is 12.3. The van der Waals surface area contributed by atoms with Gasteiger partial charge in [-0.3, -0.25) is 10.2 Å². The van der Waals surface area contributed by atoms with Crippen LogP contribution < -0.4 is 16.4 Å². The van der Waals surface area contributed by atoms with Crippen molar-refractivity contribution in [3.8, 4) is 0 Å². The fraction of sp³-hybridized carbons (Fsp3) is 0.333. The van der Waals surface area contributed by atoms with Crippen molar-refractivity contribution in [2.24, 2.45) is 11.7 Å². The van der Waals surface area contributed by atoms with Crippen LogP contribution in [-0.2, 0) is 9.59 Å². The molecule has 1 fully saturated rings. The van der Waals surface area contributed by atoms with Gasteiger partial charge in [0.05, 0.1) is 5.92 Å². The maximum Gasteiger partial charge on any atom is 0.329 e. The number of β-lactam (4-membered cyclic amide) rings is 1. The van der Waals surface area contributed by atoms with Gasteiger partial charge in [0, 0.05) is 11.7 Å². The molecule has 1 aromatic carbocycles. The Morgan fingerprint density at radius 1 is 1.38 bits per heavy atom. The molecule has 3 atom stereocenters. The normalized spacial score (nSPS) is 20.7. The van der Waals surface area contributed by atoms with Crippen LogP contribution in [0.15, 0.2) is 30.3 Å². The fourth-order valence-corrected chi connectivity index (χ4v) is 2.74. The number of carboxylic acids is 1. The molecule has 0 spiro atoms. The highest BCUT2D eigenvalue weighted by Gasteiger charge is 2.57. The van der Waals surface area contributed by atoms with Gasteiger partial charge in [-0.2, -0.15) is 0 Å².